The molecule has 0 N–H and O–H groups in total. The summed E-state index contributed by atoms with van der Waals surface area (Å²) in [5.41, 5.74) is 2.04. The first-order valence-corrected chi connectivity index (χ1v) is 5.45. The average molecular weight is 210 g/mol. The van der Waals surface area contributed by atoms with Gasteiger partial charge in [0, 0.05) is 10.8 Å². The quantitative estimate of drug-likeness (QED) is 0.758. The molecule has 0 aliphatic rings. The molecule has 0 aliphatic carbocycles. The van der Waals surface area contributed by atoms with Crippen molar-refractivity contribution in [1.29, 1.82) is 0 Å². The molecule has 2 nitrogen and oxygen atoms in total. The Labute approximate surface area is 91.6 Å². The third kappa shape index (κ3) is 2.27. The van der Waals surface area contributed by atoms with Gasteiger partial charge in [-0.25, -0.2) is 9.97 Å². The number of thiol groups is 1. The van der Waals surface area contributed by atoms with Crippen LogP contribution in [0, 0.1) is 6.92 Å². The van der Waals surface area contributed by atoms with Gasteiger partial charge in [0.2, 0.25) is 0 Å². The molecule has 1 aromatic rings. The molecule has 0 bridgehead atoms. The zero-order chi connectivity index (χ0) is 10.9. The molecule has 1 heterocycles. The molecule has 0 atom stereocenters. The highest BCUT2D eigenvalue weighted by Crippen LogP contribution is 2.24. The van der Waals surface area contributed by atoms with Crippen LogP contribution in [0.2, 0.25) is 0 Å². The molecule has 14 heavy (non-hydrogen) atoms. The van der Waals surface area contributed by atoms with Crippen molar-refractivity contribution in [2.24, 2.45) is 0 Å². The van der Waals surface area contributed by atoms with Crippen LogP contribution in [-0.4, -0.2) is 9.97 Å². The van der Waals surface area contributed by atoms with E-state index in [1.165, 1.54) is 0 Å². The lowest BCUT2D eigenvalue weighted by Gasteiger charge is -2.13. The van der Waals surface area contributed by atoms with Crippen molar-refractivity contribution in [1.82, 2.24) is 9.97 Å². The lowest BCUT2D eigenvalue weighted by Crippen LogP contribution is -2.06. The minimum Gasteiger partial charge on any atom is -0.237 e. The second kappa shape index (κ2) is 4.30. The van der Waals surface area contributed by atoms with Crippen molar-refractivity contribution in [2.75, 3.05) is 0 Å². The molecular weight excluding hydrogens is 192 g/mol. The smallest absolute Gasteiger partial charge is 0.131 e. The van der Waals surface area contributed by atoms with Crippen molar-refractivity contribution in [3.05, 3.63) is 17.2 Å². The highest BCUT2D eigenvalue weighted by molar-refractivity contribution is 7.80. The summed E-state index contributed by atoms with van der Waals surface area (Å²) in [6, 6.07) is 0. The van der Waals surface area contributed by atoms with Gasteiger partial charge in [-0.2, -0.15) is 0 Å². The van der Waals surface area contributed by atoms with Crippen molar-refractivity contribution in [3.63, 3.8) is 0 Å². The van der Waals surface area contributed by atoms with E-state index >= 15 is 0 Å². The van der Waals surface area contributed by atoms with Crippen LogP contribution >= 0.6 is 12.6 Å². The predicted molar refractivity (Wildman–Crippen MR) is 62.2 cm³/mol. The van der Waals surface area contributed by atoms with Crippen LogP contribution in [0.1, 0.15) is 56.7 Å². The van der Waals surface area contributed by atoms with Gasteiger partial charge in [0.1, 0.15) is 5.82 Å². The van der Waals surface area contributed by atoms with Gasteiger partial charge in [0.05, 0.1) is 11.4 Å². The Kier molecular flexibility index (Phi) is 3.53. The average Bonchev–Trinajstić information content (AvgIpc) is 2.08. The molecular formula is C11H18N2S. The third-order valence-electron chi connectivity index (χ3n) is 2.17. The number of hydrogen-bond acceptors (Lipinski definition) is 3. The summed E-state index contributed by atoms with van der Waals surface area (Å²) < 4.78 is 0. The number of hydrogen-bond donors (Lipinski definition) is 1. The van der Waals surface area contributed by atoms with Crippen molar-refractivity contribution in [3.8, 4) is 0 Å². The van der Waals surface area contributed by atoms with E-state index in [9.17, 15) is 0 Å². The largest absolute Gasteiger partial charge is 0.237 e. The van der Waals surface area contributed by atoms with E-state index < -0.39 is 0 Å². The molecule has 0 radical (unpaired) electrons. The molecule has 0 fully saturated rings. The molecule has 0 aromatic carbocycles. The fourth-order valence-corrected chi connectivity index (χ4v) is 1.63. The molecule has 0 saturated carbocycles. The Morgan fingerprint density at radius 1 is 1.00 bits per heavy atom. The van der Waals surface area contributed by atoms with E-state index in [1.54, 1.807) is 0 Å². The summed E-state index contributed by atoms with van der Waals surface area (Å²) in [6.45, 7) is 10.5. The van der Waals surface area contributed by atoms with Gasteiger partial charge in [0.25, 0.3) is 0 Å². The zero-order valence-corrected chi connectivity index (χ0v) is 10.4. The van der Waals surface area contributed by atoms with Gasteiger partial charge >= 0.3 is 0 Å². The van der Waals surface area contributed by atoms with E-state index in [4.69, 9.17) is 0 Å². The molecule has 78 valence electrons. The Hall–Kier alpha value is -0.570. The first-order chi connectivity index (χ1) is 6.43. The molecule has 0 saturated heterocycles. The van der Waals surface area contributed by atoms with Crippen LogP contribution in [0.15, 0.2) is 4.90 Å². The van der Waals surface area contributed by atoms with Crippen molar-refractivity contribution in [2.45, 2.75) is 51.3 Å². The van der Waals surface area contributed by atoms with E-state index in [1.807, 2.05) is 6.92 Å². The highest BCUT2D eigenvalue weighted by atomic mass is 32.1. The summed E-state index contributed by atoms with van der Waals surface area (Å²) in [7, 11) is 0. The van der Waals surface area contributed by atoms with Crippen LogP contribution in [0.3, 0.4) is 0 Å². The molecule has 0 aliphatic heterocycles. The van der Waals surface area contributed by atoms with Crippen molar-refractivity contribution >= 4 is 12.6 Å². The van der Waals surface area contributed by atoms with Gasteiger partial charge in [-0.1, -0.05) is 27.7 Å². The second-order valence-corrected chi connectivity index (χ2v) is 4.66. The second-order valence-electron chi connectivity index (χ2n) is 4.21. The SMILES string of the molecule is Cc1nc(C(C)C)nc(C(C)C)c1S. The van der Waals surface area contributed by atoms with Crippen LogP contribution in [-0.2, 0) is 0 Å². The Bertz CT molecular complexity index is 332. The number of aromatic nitrogens is 2. The Balaban J connectivity index is 3.28. The van der Waals surface area contributed by atoms with Gasteiger partial charge in [-0.05, 0) is 12.8 Å². The summed E-state index contributed by atoms with van der Waals surface area (Å²) in [4.78, 5) is 9.91. The first kappa shape index (κ1) is 11.5. The molecule has 3 heteroatoms. The van der Waals surface area contributed by atoms with Crippen molar-refractivity contribution < 1.29 is 0 Å². The number of aryl methyl sites for hydroxylation is 1. The Morgan fingerprint density at radius 2 is 1.57 bits per heavy atom. The first-order valence-electron chi connectivity index (χ1n) is 5.00. The topological polar surface area (TPSA) is 25.8 Å². The van der Waals surface area contributed by atoms with Gasteiger partial charge in [-0.3, -0.25) is 0 Å². The van der Waals surface area contributed by atoms with Crippen LogP contribution in [0.25, 0.3) is 0 Å². The van der Waals surface area contributed by atoms with E-state index in [0.717, 1.165) is 22.1 Å². The fraction of sp³-hybridized carbons (Fsp3) is 0.636. The van der Waals surface area contributed by atoms with Crippen LogP contribution in [0.4, 0.5) is 0 Å². The maximum atomic E-state index is 4.54. The summed E-state index contributed by atoms with van der Waals surface area (Å²) in [5, 5.41) is 0. The van der Waals surface area contributed by atoms with Gasteiger partial charge < -0.3 is 0 Å². The minimum atomic E-state index is 0.375. The van der Waals surface area contributed by atoms with Gasteiger partial charge in [0.15, 0.2) is 0 Å². The summed E-state index contributed by atoms with van der Waals surface area (Å²) in [5.74, 6) is 1.70. The normalized spacial score (nSPS) is 11.4. The summed E-state index contributed by atoms with van der Waals surface area (Å²) in [6.07, 6.45) is 0. The lowest BCUT2D eigenvalue weighted by atomic mass is 10.1. The summed E-state index contributed by atoms with van der Waals surface area (Å²) >= 11 is 4.44. The molecule has 0 spiro atoms. The predicted octanol–water partition coefficient (Wildman–Crippen LogP) is 3.32. The lowest BCUT2D eigenvalue weighted by molar-refractivity contribution is 0.700. The zero-order valence-electron chi connectivity index (χ0n) is 9.50. The molecule has 1 aromatic heterocycles. The van der Waals surface area contributed by atoms with Crippen LogP contribution < -0.4 is 0 Å². The number of rotatable bonds is 2. The number of nitrogens with zero attached hydrogens (tertiary/aromatic N) is 2. The Morgan fingerprint density at radius 3 is 2.00 bits per heavy atom. The van der Waals surface area contributed by atoms with E-state index in [2.05, 4.69) is 50.3 Å². The maximum Gasteiger partial charge on any atom is 0.131 e. The molecule has 1 rings (SSSR count). The highest BCUT2D eigenvalue weighted by Gasteiger charge is 2.13. The minimum absolute atomic E-state index is 0.375. The van der Waals surface area contributed by atoms with E-state index in [-0.39, 0.29) is 0 Å². The monoisotopic (exact) mass is 210 g/mol. The van der Waals surface area contributed by atoms with Gasteiger partial charge in [-0.15, -0.1) is 12.6 Å². The molecule has 0 unspecified atom stereocenters. The molecule has 0 amide bonds. The fourth-order valence-electron chi connectivity index (χ4n) is 1.27. The standard InChI is InChI=1S/C11H18N2S/c1-6(2)9-10(14)8(5)12-11(13-9)7(3)4/h6-7,14H,1-5H3. The van der Waals surface area contributed by atoms with Crippen LogP contribution in [0.5, 0.6) is 0 Å². The van der Waals surface area contributed by atoms with E-state index in [0.29, 0.717) is 11.8 Å². The maximum absolute atomic E-state index is 4.54. The third-order valence-corrected chi connectivity index (χ3v) is 2.72.